The van der Waals surface area contributed by atoms with Crippen molar-refractivity contribution in [1.82, 2.24) is 4.13 Å². The van der Waals surface area contributed by atoms with E-state index < -0.39 is 26.0 Å². The molecule has 3 aromatic carbocycles. The first kappa shape index (κ1) is 20.7. The van der Waals surface area contributed by atoms with Crippen molar-refractivity contribution >= 4 is 36.8 Å². The highest BCUT2D eigenvalue weighted by molar-refractivity contribution is 8.04. The molecule has 9 heteroatoms. The highest BCUT2D eigenvalue weighted by atomic mass is 32.3. The molecule has 0 atom stereocenters. The topological polar surface area (TPSA) is 107 Å². The van der Waals surface area contributed by atoms with Crippen molar-refractivity contribution in [2.24, 2.45) is 0 Å². The number of ether oxygens (including phenoxy) is 1. The van der Waals surface area contributed by atoms with Gasteiger partial charge in [0.05, 0.1) is 9.79 Å². The average molecular weight is 431 g/mol. The van der Waals surface area contributed by atoms with Gasteiger partial charge in [-0.15, -0.1) is 4.13 Å². The van der Waals surface area contributed by atoms with Crippen molar-refractivity contribution < 1.29 is 26.4 Å². The normalized spacial score (nSPS) is 11.9. The van der Waals surface area contributed by atoms with E-state index in [9.17, 15) is 21.6 Å². The van der Waals surface area contributed by atoms with Gasteiger partial charge < -0.3 is 4.74 Å². The van der Waals surface area contributed by atoms with E-state index in [0.717, 1.165) is 17.5 Å². The van der Waals surface area contributed by atoms with E-state index in [-0.39, 0.29) is 21.1 Å². The summed E-state index contributed by atoms with van der Waals surface area (Å²) in [5.74, 6) is -0.549. The summed E-state index contributed by atoms with van der Waals surface area (Å²) in [4.78, 5) is 11.0. The molecule has 0 saturated carbocycles. The minimum absolute atomic E-state index is 0.106. The maximum atomic E-state index is 12.6. The third-order valence-corrected chi connectivity index (χ3v) is 7.47. The van der Waals surface area contributed by atoms with Crippen LogP contribution >= 0.6 is 0 Å². The number of hydrogen-bond donors (Lipinski definition) is 1. The van der Waals surface area contributed by atoms with Crippen molar-refractivity contribution in [2.45, 2.75) is 16.7 Å². The molecule has 0 aliphatic heterocycles. The standard InChI is InChI=1S/C20H17NO6S2/c1-14(2)20(22)27-17-8-11-18(12-9-17)28(23,24)21-29(25,26)19-10-7-15-5-3-4-6-16(15)13-19/h3-13,21H,1H2,2H3. The van der Waals surface area contributed by atoms with Crippen LogP contribution < -0.4 is 8.86 Å². The molecular formula is C20H17NO6S2. The van der Waals surface area contributed by atoms with E-state index in [4.69, 9.17) is 4.74 Å². The lowest BCUT2D eigenvalue weighted by molar-refractivity contribution is -0.130. The third-order valence-electron chi connectivity index (χ3n) is 3.94. The first-order valence-electron chi connectivity index (χ1n) is 8.34. The fourth-order valence-electron chi connectivity index (χ4n) is 2.46. The van der Waals surface area contributed by atoms with Gasteiger partial charge in [-0.3, -0.25) is 0 Å². The molecule has 0 fully saturated rings. The van der Waals surface area contributed by atoms with Gasteiger partial charge in [0.15, 0.2) is 0 Å². The Hall–Kier alpha value is -3.01. The Morgan fingerprint density at radius 3 is 2.00 bits per heavy atom. The highest BCUT2D eigenvalue weighted by Gasteiger charge is 2.25. The molecule has 3 aromatic rings. The van der Waals surface area contributed by atoms with Crippen LogP contribution in [0.15, 0.2) is 88.7 Å². The zero-order valence-corrected chi connectivity index (χ0v) is 17.0. The van der Waals surface area contributed by atoms with Crippen LogP contribution in [0.5, 0.6) is 5.75 Å². The molecule has 29 heavy (non-hydrogen) atoms. The Bertz CT molecular complexity index is 1310. The van der Waals surface area contributed by atoms with E-state index in [1.165, 1.54) is 31.2 Å². The van der Waals surface area contributed by atoms with Gasteiger partial charge in [0.25, 0.3) is 20.0 Å². The maximum absolute atomic E-state index is 12.6. The third kappa shape index (κ3) is 4.70. The molecule has 0 aliphatic rings. The summed E-state index contributed by atoms with van der Waals surface area (Å²) in [6.45, 7) is 4.92. The molecule has 7 nitrogen and oxygen atoms in total. The number of nitrogens with one attached hydrogen (secondary N) is 1. The number of carbonyl (C=O) groups is 1. The number of sulfonamides is 2. The predicted octanol–water partition coefficient (Wildman–Crippen LogP) is 2.99. The van der Waals surface area contributed by atoms with Crippen molar-refractivity contribution in [1.29, 1.82) is 0 Å². The van der Waals surface area contributed by atoms with E-state index in [1.54, 1.807) is 22.3 Å². The molecule has 0 spiro atoms. The van der Waals surface area contributed by atoms with E-state index in [1.807, 2.05) is 12.1 Å². The van der Waals surface area contributed by atoms with E-state index in [0.29, 0.717) is 5.39 Å². The molecule has 0 radical (unpaired) electrons. The fourth-order valence-corrected chi connectivity index (χ4v) is 5.41. The molecule has 0 amide bonds. The summed E-state index contributed by atoms with van der Waals surface area (Å²) in [5.41, 5.74) is 0.185. The lowest BCUT2D eigenvalue weighted by atomic mass is 10.1. The van der Waals surface area contributed by atoms with Gasteiger partial charge in [0.2, 0.25) is 0 Å². The van der Waals surface area contributed by atoms with Gasteiger partial charge in [0, 0.05) is 5.57 Å². The molecule has 0 heterocycles. The number of benzene rings is 3. The monoisotopic (exact) mass is 431 g/mol. The first-order chi connectivity index (χ1) is 13.6. The van der Waals surface area contributed by atoms with Crippen LogP contribution in [0, 0.1) is 0 Å². The molecule has 3 rings (SSSR count). The second-order valence-electron chi connectivity index (χ2n) is 6.24. The summed E-state index contributed by atoms with van der Waals surface area (Å²) in [6, 6.07) is 16.2. The molecule has 0 bridgehead atoms. The Balaban J connectivity index is 1.85. The van der Waals surface area contributed by atoms with Crippen LogP contribution in [-0.4, -0.2) is 22.8 Å². The zero-order valence-electron chi connectivity index (χ0n) is 15.3. The van der Waals surface area contributed by atoms with Crippen LogP contribution in [0.4, 0.5) is 0 Å². The summed E-state index contributed by atoms with van der Waals surface area (Å²) in [7, 11) is -8.71. The molecule has 0 aliphatic carbocycles. The Morgan fingerprint density at radius 1 is 0.828 bits per heavy atom. The lowest BCUT2D eigenvalue weighted by Crippen LogP contribution is -2.30. The summed E-state index contributed by atoms with van der Waals surface area (Å²) < 4.78 is 56.9. The van der Waals surface area contributed by atoms with Crippen LogP contribution in [0.3, 0.4) is 0 Å². The Labute approximate surface area is 168 Å². The van der Waals surface area contributed by atoms with Gasteiger partial charge in [0.1, 0.15) is 5.75 Å². The van der Waals surface area contributed by atoms with Crippen LogP contribution in [-0.2, 0) is 24.8 Å². The van der Waals surface area contributed by atoms with E-state index >= 15 is 0 Å². The minimum Gasteiger partial charge on any atom is -0.423 e. The predicted molar refractivity (Wildman–Crippen MR) is 108 cm³/mol. The molecule has 0 unspecified atom stereocenters. The highest BCUT2D eigenvalue weighted by Crippen LogP contribution is 2.21. The molecule has 1 N–H and O–H groups in total. The summed E-state index contributed by atoms with van der Waals surface area (Å²) >= 11 is 0. The van der Waals surface area contributed by atoms with Crippen molar-refractivity contribution in [3.63, 3.8) is 0 Å². The smallest absolute Gasteiger partial charge is 0.338 e. The van der Waals surface area contributed by atoms with Gasteiger partial charge >= 0.3 is 5.97 Å². The zero-order chi connectivity index (χ0) is 21.2. The Morgan fingerprint density at radius 2 is 1.38 bits per heavy atom. The van der Waals surface area contributed by atoms with Gasteiger partial charge in [-0.05, 0) is 54.1 Å². The number of carbonyl (C=O) groups excluding carboxylic acids is 1. The molecule has 0 saturated heterocycles. The van der Waals surface area contributed by atoms with Crippen LogP contribution in [0.2, 0.25) is 0 Å². The second-order valence-corrected chi connectivity index (χ2v) is 9.86. The van der Waals surface area contributed by atoms with Gasteiger partial charge in [-0.25, -0.2) is 21.6 Å². The molecule has 150 valence electrons. The fraction of sp³-hybridized carbons (Fsp3) is 0.0500. The maximum Gasteiger partial charge on any atom is 0.338 e. The van der Waals surface area contributed by atoms with Crippen molar-refractivity contribution in [3.05, 3.63) is 78.9 Å². The van der Waals surface area contributed by atoms with E-state index in [2.05, 4.69) is 6.58 Å². The van der Waals surface area contributed by atoms with Crippen LogP contribution in [0.25, 0.3) is 10.8 Å². The summed E-state index contributed by atoms with van der Waals surface area (Å²) in [6.07, 6.45) is 0. The SMILES string of the molecule is C=C(C)C(=O)Oc1ccc(S(=O)(=O)NS(=O)(=O)c2ccc3ccccc3c2)cc1. The van der Waals surface area contributed by atoms with Gasteiger partial charge in [-0.2, -0.15) is 0 Å². The molecular weight excluding hydrogens is 414 g/mol. The van der Waals surface area contributed by atoms with Crippen molar-refractivity contribution in [3.8, 4) is 5.75 Å². The molecule has 0 aromatic heterocycles. The Kier molecular flexibility index (Phi) is 5.56. The van der Waals surface area contributed by atoms with Gasteiger partial charge in [-0.1, -0.05) is 36.9 Å². The second kappa shape index (κ2) is 7.78. The average Bonchev–Trinajstić information content (AvgIpc) is 2.67. The van der Waals surface area contributed by atoms with Crippen molar-refractivity contribution in [2.75, 3.05) is 0 Å². The summed E-state index contributed by atoms with van der Waals surface area (Å²) in [5, 5.41) is 1.49. The number of fused-ring (bicyclic) bond motifs is 1. The largest absolute Gasteiger partial charge is 0.423 e. The minimum atomic E-state index is -4.38. The number of rotatable bonds is 6. The number of esters is 1. The lowest BCUT2D eigenvalue weighted by Gasteiger charge is -2.10. The quantitative estimate of drug-likeness (QED) is 0.365. The van der Waals surface area contributed by atoms with Crippen LogP contribution in [0.1, 0.15) is 6.92 Å². The first-order valence-corrected chi connectivity index (χ1v) is 11.3. The number of hydrogen-bond acceptors (Lipinski definition) is 6.